The number of nitrogens with zero attached hydrogens (tertiary/aromatic N) is 5. The number of likely N-dealkylation sites (tertiary alicyclic amines) is 1. The highest BCUT2D eigenvalue weighted by molar-refractivity contribution is 6.33. The van der Waals surface area contributed by atoms with Crippen LogP contribution in [0, 0.1) is 11.8 Å². The van der Waals surface area contributed by atoms with Gasteiger partial charge in [0.2, 0.25) is 5.95 Å². The number of benzene rings is 1. The van der Waals surface area contributed by atoms with E-state index in [1.807, 2.05) is 4.68 Å². The van der Waals surface area contributed by atoms with Crippen LogP contribution in [0.5, 0.6) is 0 Å². The van der Waals surface area contributed by atoms with Gasteiger partial charge >= 0.3 is 0 Å². The number of hydrogen-bond donors (Lipinski definition) is 0. The number of aromatic nitrogens is 4. The van der Waals surface area contributed by atoms with Gasteiger partial charge in [0.05, 0.1) is 29.5 Å². The zero-order chi connectivity index (χ0) is 19.3. The second kappa shape index (κ2) is 6.88. The van der Waals surface area contributed by atoms with Crippen molar-refractivity contribution in [2.24, 2.45) is 0 Å². The van der Waals surface area contributed by atoms with E-state index in [1.165, 1.54) is 18.2 Å². The number of hydrogen-bond acceptors (Lipinski definition) is 5. The van der Waals surface area contributed by atoms with E-state index >= 15 is 0 Å². The number of halogens is 3. The summed E-state index contributed by atoms with van der Waals surface area (Å²) in [6.07, 6.45) is 1.55. The Morgan fingerprint density at radius 1 is 1.18 bits per heavy atom. The molecule has 1 aromatic carbocycles. The first-order valence-corrected chi connectivity index (χ1v) is 9.30. The predicted octanol–water partition coefficient (Wildman–Crippen LogP) is 3.23. The Morgan fingerprint density at radius 2 is 2.07 bits per heavy atom. The minimum Gasteiger partial charge on any atom is -0.368 e. The van der Waals surface area contributed by atoms with Crippen molar-refractivity contribution < 1.29 is 13.5 Å². The molecule has 0 unspecified atom stereocenters. The van der Waals surface area contributed by atoms with Gasteiger partial charge in [0.15, 0.2) is 0 Å². The van der Waals surface area contributed by atoms with Gasteiger partial charge in [-0.3, -0.25) is 4.90 Å². The van der Waals surface area contributed by atoms with Gasteiger partial charge in [-0.15, -0.1) is 5.10 Å². The molecule has 28 heavy (non-hydrogen) atoms. The molecule has 1 saturated heterocycles. The molecule has 0 saturated carbocycles. The van der Waals surface area contributed by atoms with E-state index in [4.69, 9.17) is 16.3 Å². The lowest BCUT2D eigenvalue weighted by Gasteiger charge is -2.26. The second-order valence-corrected chi connectivity index (χ2v) is 7.46. The summed E-state index contributed by atoms with van der Waals surface area (Å²) in [4.78, 5) is 5.94. The van der Waals surface area contributed by atoms with E-state index in [2.05, 4.69) is 20.2 Å². The molecule has 0 amide bonds. The summed E-state index contributed by atoms with van der Waals surface area (Å²) < 4.78 is 34.3. The molecule has 0 spiro atoms. The molecule has 6 nitrogen and oxygen atoms in total. The molecule has 3 aromatic rings. The molecule has 2 aliphatic rings. The maximum atomic E-state index is 13.4. The van der Waals surface area contributed by atoms with E-state index in [0.717, 1.165) is 24.3 Å². The summed E-state index contributed by atoms with van der Waals surface area (Å²) in [5.74, 6) is -0.880. The zero-order valence-corrected chi connectivity index (χ0v) is 15.5. The van der Waals surface area contributed by atoms with Crippen LogP contribution in [-0.2, 0) is 17.9 Å². The maximum Gasteiger partial charge on any atom is 0.212 e. The summed E-state index contributed by atoms with van der Waals surface area (Å²) in [6, 6.07) is 7.36. The average Bonchev–Trinajstić information content (AvgIpc) is 3.27. The van der Waals surface area contributed by atoms with Crippen molar-refractivity contribution in [3.8, 4) is 11.3 Å². The van der Waals surface area contributed by atoms with Crippen LogP contribution in [0.25, 0.3) is 11.3 Å². The van der Waals surface area contributed by atoms with Crippen molar-refractivity contribution in [3.63, 3.8) is 0 Å². The highest BCUT2D eigenvalue weighted by atomic mass is 35.5. The highest BCUT2D eigenvalue weighted by Gasteiger charge is 2.40. The molecule has 1 fully saturated rings. The minimum absolute atomic E-state index is 0.000790. The third kappa shape index (κ3) is 3.07. The van der Waals surface area contributed by atoms with Crippen molar-refractivity contribution in [1.82, 2.24) is 24.9 Å². The normalized spacial score (nSPS) is 21.5. The van der Waals surface area contributed by atoms with Gasteiger partial charge in [0, 0.05) is 31.4 Å². The first-order chi connectivity index (χ1) is 13.6. The molecule has 4 heterocycles. The van der Waals surface area contributed by atoms with E-state index in [9.17, 15) is 8.78 Å². The minimum atomic E-state index is -0.485. The van der Waals surface area contributed by atoms with Crippen LogP contribution in [0.2, 0.25) is 5.02 Å². The van der Waals surface area contributed by atoms with Gasteiger partial charge in [-0.1, -0.05) is 22.9 Å². The average molecular weight is 404 g/mol. The van der Waals surface area contributed by atoms with Gasteiger partial charge in [-0.25, -0.2) is 14.1 Å². The summed E-state index contributed by atoms with van der Waals surface area (Å²) in [5.41, 5.74) is 3.03. The second-order valence-electron chi connectivity index (χ2n) is 7.05. The largest absolute Gasteiger partial charge is 0.368 e. The molecule has 2 aromatic heterocycles. The molecule has 5 rings (SSSR count). The number of fused-ring (bicyclic) bond motifs is 3. The zero-order valence-electron chi connectivity index (χ0n) is 14.7. The predicted molar refractivity (Wildman–Crippen MR) is 97.5 cm³/mol. The Kier molecular flexibility index (Phi) is 4.34. The smallest absolute Gasteiger partial charge is 0.212 e. The topological polar surface area (TPSA) is 56.1 Å². The lowest BCUT2D eigenvalue weighted by atomic mass is 10.1. The van der Waals surface area contributed by atoms with Crippen LogP contribution < -0.4 is 0 Å². The molecule has 0 bridgehead atoms. The van der Waals surface area contributed by atoms with Gasteiger partial charge in [-0.05, 0) is 29.8 Å². The van der Waals surface area contributed by atoms with Crippen molar-refractivity contribution in [1.29, 1.82) is 0 Å². The molecule has 0 radical (unpaired) electrons. The quantitative estimate of drug-likeness (QED) is 0.628. The van der Waals surface area contributed by atoms with Crippen molar-refractivity contribution >= 4 is 11.6 Å². The van der Waals surface area contributed by atoms with Crippen LogP contribution in [-0.4, -0.2) is 44.1 Å². The Morgan fingerprint density at radius 3 is 2.86 bits per heavy atom. The maximum absolute atomic E-state index is 13.4. The first kappa shape index (κ1) is 17.7. The lowest BCUT2D eigenvalue weighted by Crippen LogP contribution is -2.32. The van der Waals surface area contributed by atoms with Gasteiger partial charge in [0.25, 0.3) is 0 Å². The third-order valence-electron chi connectivity index (χ3n) is 5.23. The third-order valence-corrected chi connectivity index (χ3v) is 5.55. The fourth-order valence-electron chi connectivity index (χ4n) is 3.91. The first-order valence-electron chi connectivity index (χ1n) is 8.92. The monoisotopic (exact) mass is 403 g/mol. The molecule has 2 aliphatic heterocycles. The van der Waals surface area contributed by atoms with Gasteiger partial charge in [0.1, 0.15) is 11.5 Å². The Labute approximate surface area is 164 Å². The molecular weight excluding hydrogens is 388 g/mol. The lowest BCUT2D eigenvalue weighted by molar-refractivity contribution is -0.00494. The molecule has 2 atom stereocenters. The van der Waals surface area contributed by atoms with Crippen molar-refractivity contribution in [3.05, 3.63) is 64.6 Å². The standard InChI is InChI=1S/C19H16ClF2N5O/c20-14-5-12(21)2-3-13(14)19-16-10-28-17-9-26(8-15(17)27(16)25-24-19)7-11-1-4-18(22)23-6-11/h1-6,15,17H,7-10H2/t15-,17-/m1/s1. The highest BCUT2D eigenvalue weighted by Crippen LogP contribution is 2.36. The van der Waals surface area contributed by atoms with E-state index in [-0.39, 0.29) is 12.1 Å². The van der Waals surface area contributed by atoms with E-state index in [1.54, 1.807) is 18.3 Å². The number of ether oxygens (including phenoxy) is 1. The van der Waals surface area contributed by atoms with Crippen molar-refractivity contribution in [2.75, 3.05) is 13.1 Å². The summed E-state index contributed by atoms with van der Waals surface area (Å²) in [6.45, 7) is 2.50. The Hall–Kier alpha value is -2.42. The van der Waals surface area contributed by atoms with Crippen LogP contribution in [0.3, 0.4) is 0 Å². The Balaban J connectivity index is 1.39. The van der Waals surface area contributed by atoms with E-state index < -0.39 is 11.8 Å². The molecular formula is C19H16ClF2N5O. The van der Waals surface area contributed by atoms with Crippen LogP contribution in [0.1, 0.15) is 17.3 Å². The van der Waals surface area contributed by atoms with Gasteiger partial charge < -0.3 is 4.74 Å². The van der Waals surface area contributed by atoms with E-state index in [0.29, 0.717) is 29.4 Å². The molecule has 0 N–H and O–H groups in total. The van der Waals surface area contributed by atoms with Crippen LogP contribution in [0.15, 0.2) is 36.5 Å². The molecule has 144 valence electrons. The Bertz CT molecular complexity index is 1030. The number of pyridine rings is 1. The van der Waals surface area contributed by atoms with Crippen molar-refractivity contribution in [2.45, 2.75) is 25.3 Å². The summed E-state index contributed by atoms with van der Waals surface area (Å²) in [5, 5.41) is 8.93. The SMILES string of the molecule is Fc1ccc(-c2nnn3c2CO[C@@H]2CN(Cc4ccc(F)nc4)C[C@H]23)c(Cl)c1. The summed E-state index contributed by atoms with van der Waals surface area (Å²) in [7, 11) is 0. The van der Waals surface area contributed by atoms with Crippen LogP contribution in [0.4, 0.5) is 8.78 Å². The van der Waals surface area contributed by atoms with Crippen LogP contribution >= 0.6 is 11.6 Å². The molecule has 9 heteroatoms. The molecule has 0 aliphatic carbocycles. The van der Waals surface area contributed by atoms with Gasteiger partial charge in [-0.2, -0.15) is 4.39 Å². The fraction of sp³-hybridized carbons (Fsp3) is 0.316. The fourth-order valence-corrected chi connectivity index (χ4v) is 4.17. The number of rotatable bonds is 3. The summed E-state index contributed by atoms with van der Waals surface area (Å²) >= 11 is 6.20.